The van der Waals surface area contributed by atoms with E-state index in [1.807, 2.05) is 30.3 Å². The van der Waals surface area contributed by atoms with Gasteiger partial charge in [-0.25, -0.2) is 0 Å². The van der Waals surface area contributed by atoms with E-state index in [-0.39, 0.29) is 0 Å². The fourth-order valence-electron chi connectivity index (χ4n) is 1.39. The number of alkyl halides is 1. The van der Waals surface area contributed by atoms with Gasteiger partial charge in [0.25, 0.3) is 0 Å². The Hall–Kier alpha value is -0.0300. The van der Waals surface area contributed by atoms with Crippen molar-refractivity contribution in [1.82, 2.24) is 0 Å². The summed E-state index contributed by atoms with van der Waals surface area (Å²) in [5.41, 5.74) is 1.13. The lowest BCUT2D eigenvalue weighted by Crippen LogP contribution is -1.96. The highest BCUT2D eigenvalue weighted by atomic mass is 79.9. The van der Waals surface area contributed by atoms with Gasteiger partial charge < -0.3 is 4.74 Å². The van der Waals surface area contributed by atoms with Gasteiger partial charge in [-0.15, -0.1) is 11.3 Å². The normalized spacial score (nSPS) is 10.5. The molecule has 0 N–H and O–H groups in total. The Morgan fingerprint density at radius 1 is 1.24 bits per heavy atom. The molecule has 1 aromatic heterocycles. The molecule has 5 heteroatoms. The van der Waals surface area contributed by atoms with Crippen LogP contribution in [0.25, 0.3) is 0 Å². The number of para-hydroxylation sites is 1. The Morgan fingerprint density at radius 2 is 2.06 bits per heavy atom. The molecular weight excluding hydrogens is 387 g/mol. The first-order valence-electron chi connectivity index (χ1n) is 4.91. The van der Waals surface area contributed by atoms with E-state index in [1.54, 1.807) is 0 Å². The summed E-state index contributed by atoms with van der Waals surface area (Å²) in [6.07, 6.45) is 0. The zero-order chi connectivity index (χ0) is 12.3. The monoisotopic (exact) mass is 394 g/mol. The highest BCUT2D eigenvalue weighted by Gasteiger charge is 2.08. The zero-order valence-electron chi connectivity index (χ0n) is 8.75. The quantitative estimate of drug-likeness (QED) is 0.608. The molecule has 0 unspecified atom stereocenters. The van der Waals surface area contributed by atoms with Crippen LogP contribution in [-0.4, -0.2) is 0 Å². The molecule has 2 rings (SSSR count). The summed E-state index contributed by atoms with van der Waals surface area (Å²) in [5, 5.41) is 0.771. The Bertz CT molecular complexity index is 513. The third-order valence-electron chi connectivity index (χ3n) is 2.18. The van der Waals surface area contributed by atoms with E-state index in [2.05, 4.69) is 31.9 Å². The second kappa shape index (κ2) is 6.23. The Balaban J connectivity index is 2.13. The molecule has 0 aliphatic heterocycles. The van der Waals surface area contributed by atoms with Gasteiger partial charge in [0.15, 0.2) is 0 Å². The van der Waals surface area contributed by atoms with Crippen LogP contribution in [-0.2, 0) is 11.9 Å². The van der Waals surface area contributed by atoms with E-state index < -0.39 is 0 Å². The Kier molecular flexibility index (Phi) is 4.91. The number of hydrogen-bond acceptors (Lipinski definition) is 2. The maximum absolute atomic E-state index is 5.88. The summed E-state index contributed by atoms with van der Waals surface area (Å²) in [6, 6.07) is 9.88. The molecule has 90 valence electrons. The van der Waals surface area contributed by atoms with Crippen molar-refractivity contribution in [3.63, 3.8) is 0 Å². The van der Waals surface area contributed by atoms with Crippen molar-refractivity contribution in [2.45, 2.75) is 11.9 Å². The van der Waals surface area contributed by atoms with Crippen molar-refractivity contribution in [2.75, 3.05) is 0 Å². The molecule has 0 atom stereocenters. The summed E-state index contributed by atoms with van der Waals surface area (Å²) in [4.78, 5) is 1.12. The Labute approximate surface area is 126 Å². The van der Waals surface area contributed by atoms with Crippen LogP contribution < -0.4 is 4.74 Å². The lowest BCUT2D eigenvalue weighted by atomic mass is 10.2. The molecular formula is C12H9Br2ClOS. The first-order chi connectivity index (χ1) is 8.20. The van der Waals surface area contributed by atoms with Crippen molar-refractivity contribution in [3.05, 3.63) is 49.6 Å². The molecule has 0 saturated heterocycles. The maximum Gasteiger partial charge on any atom is 0.138 e. The van der Waals surface area contributed by atoms with Crippen molar-refractivity contribution >= 4 is 54.8 Å². The predicted octanol–water partition coefficient (Wildman–Crippen LogP) is 5.64. The summed E-state index contributed by atoms with van der Waals surface area (Å²) in [6.45, 7) is 0.542. The summed E-state index contributed by atoms with van der Waals surface area (Å²) < 4.78 is 7.59. The van der Waals surface area contributed by atoms with E-state index in [9.17, 15) is 0 Å². The third kappa shape index (κ3) is 3.47. The molecule has 2 aromatic rings. The van der Waals surface area contributed by atoms with Crippen LogP contribution in [0.3, 0.4) is 0 Å². The molecule has 0 saturated carbocycles. The molecule has 1 nitrogen and oxygen atoms in total. The molecule has 17 heavy (non-hydrogen) atoms. The van der Waals surface area contributed by atoms with Gasteiger partial charge in [0.05, 0.1) is 8.81 Å². The lowest BCUT2D eigenvalue weighted by Gasteiger charge is -2.10. The average Bonchev–Trinajstić information content (AvgIpc) is 2.73. The fraction of sp³-hybridized carbons (Fsp3) is 0.167. The minimum absolute atomic E-state index is 0.542. The SMILES string of the molecule is Clc1ccc(COc2c(Br)cccc2CBr)s1. The van der Waals surface area contributed by atoms with Gasteiger partial charge >= 0.3 is 0 Å². The van der Waals surface area contributed by atoms with Crippen LogP contribution in [0.15, 0.2) is 34.8 Å². The molecule has 1 aromatic carbocycles. The van der Waals surface area contributed by atoms with Gasteiger partial charge in [-0.3, -0.25) is 0 Å². The van der Waals surface area contributed by atoms with Crippen LogP contribution in [0.5, 0.6) is 5.75 Å². The van der Waals surface area contributed by atoms with E-state index >= 15 is 0 Å². The van der Waals surface area contributed by atoms with Crippen molar-refractivity contribution < 1.29 is 4.74 Å². The molecule has 0 aliphatic rings. The third-order valence-corrected chi connectivity index (χ3v) is 4.61. The van der Waals surface area contributed by atoms with Crippen molar-refractivity contribution in [1.29, 1.82) is 0 Å². The molecule has 0 spiro atoms. The lowest BCUT2D eigenvalue weighted by molar-refractivity contribution is 0.305. The Morgan fingerprint density at radius 3 is 2.71 bits per heavy atom. The van der Waals surface area contributed by atoms with E-state index in [0.29, 0.717) is 6.61 Å². The van der Waals surface area contributed by atoms with Gasteiger partial charge in [-0.1, -0.05) is 39.7 Å². The first kappa shape index (κ1) is 13.4. The fourth-order valence-corrected chi connectivity index (χ4v) is 3.36. The number of ether oxygens (including phenoxy) is 1. The van der Waals surface area contributed by atoms with Crippen LogP contribution in [0.1, 0.15) is 10.4 Å². The standard InChI is InChI=1S/C12H9Br2ClOS/c13-6-8-2-1-3-10(14)12(8)16-7-9-4-5-11(15)17-9/h1-5H,6-7H2. The summed E-state index contributed by atoms with van der Waals surface area (Å²) in [7, 11) is 0. The number of hydrogen-bond donors (Lipinski definition) is 0. The van der Waals surface area contributed by atoms with Crippen LogP contribution in [0, 0.1) is 0 Å². The minimum Gasteiger partial charge on any atom is -0.487 e. The molecule has 0 fully saturated rings. The van der Waals surface area contributed by atoms with Crippen LogP contribution >= 0.6 is 54.8 Å². The van der Waals surface area contributed by atoms with Crippen molar-refractivity contribution in [2.24, 2.45) is 0 Å². The smallest absolute Gasteiger partial charge is 0.138 e. The molecule has 0 amide bonds. The molecule has 0 radical (unpaired) electrons. The number of benzene rings is 1. The van der Waals surface area contributed by atoms with Crippen molar-refractivity contribution in [3.8, 4) is 5.75 Å². The second-order valence-corrected chi connectivity index (χ2v) is 6.57. The van der Waals surface area contributed by atoms with Gasteiger partial charge in [-0.2, -0.15) is 0 Å². The maximum atomic E-state index is 5.88. The van der Waals surface area contributed by atoms with Gasteiger partial charge in [0.1, 0.15) is 12.4 Å². The summed E-state index contributed by atoms with van der Waals surface area (Å²) in [5.74, 6) is 0.883. The first-order valence-corrected chi connectivity index (χ1v) is 8.02. The highest BCUT2D eigenvalue weighted by Crippen LogP contribution is 2.32. The van der Waals surface area contributed by atoms with Crippen LogP contribution in [0.2, 0.25) is 4.34 Å². The second-order valence-electron chi connectivity index (χ2n) is 3.36. The summed E-state index contributed by atoms with van der Waals surface area (Å²) >= 11 is 14.4. The number of thiophene rings is 1. The zero-order valence-corrected chi connectivity index (χ0v) is 13.5. The topological polar surface area (TPSA) is 9.23 Å². The number of halogens is 3. The van der Waals surface area contributed by atoms with Gasteiger partial charge in [0.2, 0.25) is 0 Å². The van der Waals surface area contributed by atoms with E-state index in [1.165, 1.54) is 11.3 Å². The molecule has 1 heterocycles. The van der Waals surface area contributed by atoms with Crippen LogP contribution in [0.4, 0.5) is 0 Å². The van der Waals surface area contributed by atoms with E-state index in [4.69, 9.17) is 16.3 Å². The van der Waals surface area contributed by atoms with Gasteiger partial charge in [0, 0.05) is 15.8 Å². The van der Waals surface area contributed by atoms with Gasteiger partial charge in [-0.05, 0) is 34.1 Å². The largest absolute Gasteiger partial charge is 0.487 e. The average molecular weight is 397 g/mol. The molecule has 0 aliphatic carbocycles. The molecule has 0 bridgehead atoms. The number of rotatable bonds is 4. The highest BCUT2D eigenvalue weighted by molar-refractivity contribution is 9.10. The predicted molar refractivity (Wildman–Crippen MR) is 80.4 cm³/mol. The van der Waals surface area contributed by atoms with E-state index in [0.717, 1.165) is 30.3 Å². The minimum atomic E-state index is 0.542.